The van der Waals surface area contributed by atoms with E-state index >= 15 is 0 Å². The fourth-order valence-corrected chi connectivity index (χ4v) is 2.19. The third kappa shape index (κ3) is 1.85. The van der Waals surface area contributed by atoms with E-state index in [2.05, 4.69) is 10.1 Å². The summed E-state index contributed by atoms with van der Waals surface area (Å²) in [7, 11) is 0. The Bertz CT molecular complexity index is 825. The molecule has 0 aliphatic heterocycles. The van der Waals surface area contributed by atoms with E-state index in [0.29, 0.717) is 11.3 Å². The lowest BCUT2D eigenvalue weighted by Gasteiger charge is -2.08. The molecular weight excluding hydrogens is 257 g/mol. The molecule has 3 rings (SSSR count). The van der Waals surface area contributed by atoms with Crippen LogP contribution >= 0.6 is 0 Å². The van der Waals surface area contributed by atoms with Gasteiger partial charge in [0.25, 0.3) is 0 Å². The van der Waals surface area contributed by atoms with Crippen LogP contribution in [0.1, 0.15) is 17.1 Å². The zero-order chi connectivity index (χ0) is 14.4. The zero-order valence-electron chi connectivity index (χ0n) is 11.0. The van der Waals surface area contributed by atoms with Crippen molar-refractivity contribution < 1.29 is 4.39 Å². The van der Waals surface area contributed by atoms with Crippen molar-refractivity contribution >= 4 is 22.5 Å². The lowest BCUT2D eigenvalue weighted by Crippen LogP contribution is -2.14. The number of nitrogens with one attached hydrogen (secondary N) is 2. The van der Waals surface area contributed by atoms with Gasteiger partial charge in [-0.15, -0.1) is 0 Å². The molecule has 2 heterocycles. The van der Waals surface area contributed by atoms with Crippen molar-refractivity contribution in [1.29, 1.82) is 10.8 Å². The van der Waals surface area contributed by atoms with Gasteiger partial charge < -0.3 is 0 Å². The molecule has 1 aliphatic carbocycles. The number of rotatable bonds is 1. The average Bonchev–Trinajstić information content (AvgIpc) is 2.79. The fourth-order valence-electron chi connectivity index (χ4n) is 2.19. The molecule has 0 unspecified atom stereocenters. The Hall–Kier alpha value is -2.63. The molecule has 0 fully saturated rings. The molecule has 0 saturated heterocycles. The van der Waals surface area contributed by atoms with Gasteiger partial charge in [0.2, 0.25) is 0 Å². The largest absolute Gasteiger partial charge is 0.299 e. The second-order valence-corrected chi connectivity index (χ2v) is 4.71. The van der Waals surface area contributed by atoms with E-state index in [-0.39, 0.29) is 5.71 Å². The van der Waals surface area contributed by atoms with E-state index in [1.54, 1.807) is 16.8 Å². The Balaban J connectivity index is 2.17. The molecule has 0 atom stereocenters. The minimum atomic E-state index is -0.712. The van der Waals surface area contributed by atoms with Crippen LogP contribution in [-0.4, -0.2) is 26.0 Å². The van der Waals surface area contributed by atoms with Gasteiger partial charge >= 0.3 is 0 Å². The van der Waals surface area contributed by atoms with Gasteiger partial charge in [-0.1, -0.05) is 0 Å². The third-order valence-electron chi connectivity index (χ3n) is 3.15. The highest BCUT2D eigenvalue weighted by molar-refractivity contribution is 6.51. The molecule has 5 nitrogen and oxygen atoms in total. The van der Waals surface area contributed by atoms with Crippen LogP contribution in [0.2, 0.25) is 0 Å². The number of aromatic nitrogens is 3. The van der Waals surface area contributed by atoms with Gasteiger partial charge in [-0.05, 0) is 32.1 Å². The van der Waals surface area contributed by atoms with E-state index in [9.17, 15) is 4.39 Å². The molecule has 6 heteroatoms. The van der Waals surface area contributed by atoms with Gasteiger partial charge in [-0.25, -0.2) is 8.91 Å². The van der Waals surface area contributed by atoms with Crippen molar-refractivity contribution in [3.8, 4) is 0 Å². The Morgan fingerprint density at radius 2 is 1.95 bits per heavy atom. The van der Waals surface area contributed by atoms with Gasteiger partial charge in [-0.3, -0.25) is 15.8 Å². The smallest absolute Gasteiger partial charge is 0.150 e. The van der Waals surface area contributed by atoms with Crippen molar-refractivity contribution in [2.24, 2.45) is 0 Å². The molecule has 0 saturated carbocycles. The second-order valence-electron chi connectivity index (χ2n) is 4.71. The van der Waals surface area contributed by atoms with Gasteiger partial charge in [0.1, 0.15) is 5.71 Å². The highest BCUT2D eigenvalue weighted by Crippen LogP contribution is 2.24. The minimum Gasteiger partial charge on any atom is -0.299 e. The minimum absolute atomic E-state index is 0.150. The number of aryl methyl sites for hydroxylation is 2. The van der Waals surface area contributed by atoms with Crippen LogP contribution in [0.5, 0.6) is 0 Å². The van der Waals surface area contributed by atoms with Gasteiger partial charge in [-0.2, -0.15) is 5.10 Å². The summed E-state index contributed by atoms with van der Waals surface area (Å²) in [6, 6.07) is 1.81. The number of nitrogens with zero attached hydrogens (tertiary/aromatic N) is 3. The summed E-state index contributed by atoms with van der Waals surface area (Å²) in [6.45, 7) is 3.77. The normalized spacial score (nSPS) is 15.6. The number of halogens is 1. The zero-order valence-corrected chi connectivity index (χ0v) is 11.0. The maximum Gasteiger partial charge on any atom is 0.150 e. The maximum absolute atomic E-state index is 13.6. The lowest BCUT2D eigenvalue weighted by molar-refractivity contribution is 0.682. The fraction of sp³-hybridized carbons (Fsp3) is 0.143. The van der Waals surface area contributed by atoms with E-state index in [1.807, 2.05) is 13.8 Å². The molecular formula is C14H12FN5. The third-order valence-corrected chi connectivity index (χ3v) is 3.15. The predicted octanol–water partition coefficient (Wildman–Crippen LogP) is 2.64. The van der Waals surface area contributed by atoms with E-state index < -0.39 is 11.5 Å². The molecule has 0 spiro atoms. The molecule has 0 radical (unpaired) electrons. The van der Waals surface area contributed by atoms with Crippen LogP contribution in [0.4, 0.5) is 4.39 Å². The number of fused-ring (bicyclic) bond motifs is 1. The van der Waals surface area contributed by atoms with E-state index in [1.165, 1.54) is 12.2 Å². The Morgan fingerprint density at radius 1 is 1.20 bits per heavy atom. The van der Waals surface area contributed by atoms with Crippen molar-refractivity contribution in [2.75, 3.05) is 0 Å². The van der Waals surface area contributed by atoms with E-state index in [0.717, 1.165) is 16.9 Å². The van der Waals surface area contributed by atoms with Gasteiger partial charge in [0.05, 0.1) is 34.5 Å². The molecule has 100 valence electrons. The lowest BCUT2D eigenvalue weighted by atomic mass is 10.0. The van der Waals surface area contributed by atoms with Crippen LogP contribution in [0.3, 0.4) is 0 Å². The average molecular weight is 269 g/mol. The van der Waals surface area contributed by atoms with Crippen molar-refractivity contribution in [1.82, 2.24) is 14.6 Å². The summed E-state index contributed by atoms with van der Waals surface area (Å²) >= 11 is 0. The standard InChI is InChI=1S/C14H12FN5/c1-7-6-20-13(8(2)18-7)5-12(19-20)9-3-10(15)14(17)11(16)4-9/h3-6,16-17H,1-2H3. The molecule has 0 aromatic carbocycles. The Morgan fingerprint density at radius 3 is 2.65 bits per heavy atom. The molecule has 0 bridgehead atoms. The highest BCUT2D eigenvalue weighted by atomic mass is 19.1. The number of hydrogen-bond donors (Lipinski definition) is 2. The van der Waals surface area contributed by atoms with Crippen LogP contribution < -0.4 is 0 Å². The molecule has 2 aromatic heterocycles. The quantitative estimate of drug-likeness (QED) is 0.780. The van der Waals surface area contributed by atoms with E-state index in [4.69, 9.17) is 10.8 Å². The molecule has 2 N–H and O–H groups in total. The first-order valence-electron chi connectivity index (χ1n) is 6.06. The van der Waals surface area contributed by atoms with Gasteiger partial charge in [0, 0.05) is 5.57 Å². The van der Waals surface area contributed by atoms with Gasteiger partial charge in [0.15, 0.2) is 5.83 Å². The van der Waals surface area contributed by atoms with Crippen LogP contribution in [0, 0.1) is 24.7 Å². The number of allylic oxidation sites excluding steroid dienone is 4. The summed E-state index contributed by atoms with van der Waals surface area (Å²) in [5, 5.41) is 19.3. The highest BCUT2D eigenvalue weighted by Gasteiger charge is 2.18. The maximum atomic E-state index is 13.6. The topological polar surface area (TPSA) is 77.9 Å². The second kappa shape index (κ2) is 4.19. The van der Waals surface area contributed by atoms with Crippen molar-refractivity contribution in [2.45, 2.75) is 13.8 Å². The molecule has 0 amide bonds. The van der Waals surface area contributed by atoms with Crippen molar-refractivity contribution in [3.05, 3.63) is 47.3 Å². The summed E-state index contributed by atoms with van der Waals surface area (Å²) < 4.78 is 15.3. The molecule has 2 aromatic rings. The van der Waals surface area contributed by atoms with Crippen molar-refractivity contribution in [3.63, 3.8) is 0 Å². The summed E-state index contributed by atoms with van der Waals surface area (Å²) in [5.74, 6) is -0.712. The van der Waals surface area contributed by atoms with Crippen LogP contribution in [0.25, 0.3) is 11.1 Å². The number of hydrogen-bond acceptors (Lipinski definition) is 4. The Labute approximate surface area is 114 Å². The first-order valence-corrected chi connectivity index (χ1v) is 6.06. The predicted molar refractivity (Wildman–Crippen MR) is 75.1 cm³/mol. The summed E-state index contributed by atoms with van der Waals surface area (Å²) in [4.78, 5) is 4.36. The Kier molecular flexibility index (Phi) is 2.60. The monoisotopic (exact) mass is 269 g/mol. The summed E-state index contributed by atoms with van der Waals surface area (Å²) in [6.07, 6.45) is 4.48. The summed E-state index contributed by atoms with van der Waals surface area (Å²) in [5.41, 5.74) is 3.03. The van der Waals surface area contributed by atoms with Crippen LogP contribution in [0.15, 0.2) is 30.2 Å². The first-order chi connectivity index (χ1) is 9.45. The SMILES string of the molecule is Cc1cn2nc(C3=CC(=N)C(=N)C(F)=C3)cc2c(C)n1. The molecule has 20 heavy (non-hydrogen) atoms. The first kappa shape index (κ1) is 12.4. The molecule has 1 aliphatic rings. The van der Waals surface area contributed by atoms with Crippen LogP contribution in [-0.2, 0) is 0 Å².